The number of nitrogens with one attached hydrogen (secondary N) is 1. The summed E-state index contributed by atoms with van der Waals surface area (Å²) in [5, 5.41) is 16.6. The minimum Gasteiger partial charge on any atom is -0.381 e. The summed E-state index contributed by atoms with van der Waals surface area (Å²) in [5.74, 6) is -1.40. The fraction of sp³-hybridized carbons (Fsp3) is 0.500. The third kappa shape index (κ3) is 2.20. The van der Waals surface area contributed by atoms with Gasteiger partial charge in [-0.25, -0.2) is 0 Å². The van der Waals surface area contributed by atoms with Crippen molar-refractivity contribution in [2.45, 2.75) is 12.2 Å². The van der Waals surface area contributed by atoms with E-state index in [2.05, 4.69) is 0 Å². The largest absolute Gasteiger partial charge is 0.381 e. The van der Waals surface area contributed by atoms with Crippen molar-refractivity contribution in [2.24, 2.45) is 0 Å². The summed E-state index contributed by atoms with van der Waals surface area (Å²) in [6, 6.07) is 0. The second kappa shape index (κ2) is 3.16. The summed E-state index contributed by atoms with van der Waals surface area (Å²) >= 11 is 0. The Morgan fingerprint density at radius 3 is 2.11 bits per heavy atom. The third-order valence-corrected chi connectivity index (χ3v) is 0.688. The van der Waals surface area contributed by atoms with Crippen LogP contribution in [0.15, 0.2) is 0 Å². The van der Waals surface area contributed by atoms with Crippen LogP contribution in [0.4, 0.5) is 0 Å². The molecule has 0 saturated heterocycles. The Kier molecular flexibility index (Phi) is 2.83. The average molecular weight is 131 g/mol. The number of aliphatic hydroxyl groups is 2. The highest BCUT2D eigenvalue weighted by molar-refractivity contribution is 5.82. The van der Waals surface area contributed by atoms with Gasteiger partial charge in [-0.3, -0.25) is 15.3 Å². The Morgan fingerprint density at radius 1 is 1.56 bits per heavy atom. The Balaban J connectivity index is 3.86. The summed E-state index contributed by atoms with van der Waals surface area (Å²) in [7, 11) is 0. The molecule has 5 nitrogen and oxygen atoms in total. The van der Waals surface area contributed by atoms with Crippen molar-refractivity contribution >= 4 is 12.2 Å². The molecule has 50 valence electrons. The maximum atomic E-state index is 9.82. The molecule has 0 fully saturated rings. The molecule has 0 aromatic carbocycles. The molecule has 0 rings (SSSR count). The van der Waals surface area contributed by atoms with E-state index in [1.807, 2.05) is 0 Å². The summed E-state index contributed by atoms with van der Waals surface area (Å²) in [4.78, 5) is 19.3. The number of carbonyl (C=O) groups is 1. The molecule has 0 aliphatic rings. The lowest BCUT2D eigenvalue weighted by atomic mass is 10.2. The van der Waals surface area contributed by atoms with Crippen LogP contribution < -0.4 is 5.73 Å². The molecule has 9 heavy (non-hydrogen) atoms. The van der Waals surface area contributed by atoms with E-state index in [9.17, 15) is 9.59 Å². The molecule has 0 aliphatic carbocycles. The molecule has 5 heteroatoms. The Labute approximate surface area is 51.1 Å². The van der Waals surface area contributed by atoms with Gasteiger partial charge < -0.3 is 10.2 Å². The first-order valence-corrected chi connectivity index (χ1v) is 2.09. The maximum Gasteiger partial charge on any atom is 0.270 e. The van der Waals surface area contributed by atoms with Crippen molar-refractivity contribution in [1.29, 1.82) is 0 Å². The predicted octanol–water partition coefficient (Wildman–Crippen LogP) is -2.37. The fourth-order valence-corrected chi connectivity index (χ4v) is 0.208. The number of hydrogen-bond acceptors (Lipinski definition) is 4. The number of hydrogen-bond donors (Lipinski definition) is 2. The molecule has 0 bridgehead atoms. The van der Waals surface area contributed by atoms with Gasteiger partial charge in [-0.1, -0.05) is 0 Å². The van der Waals surface area contributed by atoms with Crippen molar-refractivity contribution in [2.75, 3.05) is 0 Å². The van der Waals surface area contributed by atoms with Crippen LogP contribution in [0, 0.1) is 0 Å². The van der Waals surface area contributed by atoms with Crippen molar-refractivity contribution in [3.05, 3.63) is 0 Å². The molecule has 2 atom stereocenters. The fourth-order valence-electron chi connectivity index (χ4n) is 0.208. The standard InChI is InChI=1S/C4H5NO4/c5-4(9)3(8)2(7)1-6/h2-3,5,7-8H. The van der Waals surface area contributed by atoms with Gasteiger partial charge in [-0.2, -0.15) is 0 Å². The van der Waals surface area contributed by atoms with Crippen molar-refractivity contribution in [1.82, 2.24) is 5.73 Å². The van der Waals surface area contributed by atoms with Crippen LogP contribution in [0.25, 0.3) is 0 Å². The summed E-state index contributed by atoms with van der Waals surface area (Å²) in [6.45, 7) is 0. The van der Waals surface area contributed by atoms with Crippen LogP contribution in [-0.4, -0.2) is 34.6 Å². The van der Waals surface area contributed by atoms with Crippen LogP contribution >= 0.6 is 0 Å². The zero-order valence-corrected chi connectivity index (χ0v) is 4.37. The van der Waals surface area contributed by atoms with Gasteiger partial charge in [-0.05, 0) is 0 Å². The van der Waals surface area contributed by atoms with Gasteiger partial charge >= 0.3 is 0 Å². The van der Waals surface area contributed by atoms with Crippen LogP contribution in [0.5, 0.6) is 0 Å². The molecule has 2 radical (unpaired) electrons. The molecule has 1 amide bonds. The second-order valence-electron chi connectivity index (χ2n) is 1.37. The molecule has 2 unspecified atom stereocenters. The zero-order chi connectivity index (χ0) is 7.44. The molecule has 0 aliphatic heterocycles. The van der Waals surface area contributed by atoms with Gasteiger partial charge in [0.05, 0.1) is 0 Å². The number of amides is 1. The van der Waals surface area contributed by atoms with Crippen molar-refractivity contribution < 1.29 is 19.8 Å². The summed E-state index contributed by atoms with van der Waals surface area (Å²) < 4.78 is 0. The van der Waals surface area contributed by atoms with Crippen LogP contribution in [-0.2, 0) is 9.59 Å². The third-order valence-electron chi connectivity index (χ3n) is 0.688. The lowest BCUT2D eigenvalue weighted by Gasteiger charge is -2.04. The highest BCUT2D eigenvalue weighted by Crippen LogP contribution is 1.87. The topological polar surface area (TPSA) is 98.4 Å². The first-order chi connectivity index (χ1) is 4.09. The molecule has 0 saturated carbocycles. The summed E-state index contributed by atoms with van der Waals surface area (Å²) in [5.41, 5.74) is 6.19. The lowest BCUT2D eigenvalue weighted by Crippen LogP contribution is -2.35. The molecule has 0 spiro atoms. The first kappa shape index (κ1) is 8.06. The molecular weight excluding hydrogens is 126 g/mol. The zero-order valence-electron chi connectivity index (χ0n) is 4.37. The van der Waals surface area contributed by atoms with Crippen molar-refractivity contribution in [3.63, 3.8) is 0 Å². The van der Waals surface area contributed by atoms with Gasteiger partial charge in [0.15, 0.2) is 12.2 Å². The Bertz CT molecular complexity index is 124. The second-order valence-corrected chi connectivity index (χ2v) is 1.37. The van der Waals surface area contributed by atoms with E-state index in [-0.39, 0.29) is 0 Å². The SMILES string of the molecule is [NH]C(=O)C(O)C(O)[C]=O. The summed E-state index contributed by atoms with van der Waals surface area (Å²) in [6.07, 6.45) is -2.89. The molecule has 0 aromatic rings. The minimum atomic E-state index is -1.96. The van der Waals surface area contributed by atoms with Gasteiger partial charge in [-0.15, -0.1) is 0 Å². The average Bonchev–Trinajstić information content (AvgIpc) is 1.84. The molecule has 0 heterocycles. The number of carbonyl (C=O) groups excluding carboxylic acids is 2. The predicted molar refractivity (Wildman–Crippen MR) is 25.8 cm³/mol. The van der Waals surface area contributed by atoms with Crippen molar-refractivity contribution in [3.8, 4) is 0 Å². The highest BCUT2D eigenvalue weighted by atomic mass is 16.3. The van der Waals surface area contributed by atoms with E-state index in [0.717, 1.165) is 6.29 Å². The van der Waals surface area contributed by atoms with Gasteiger partial charge in [0.2, 0.25) is 6.29 Å². The Morgan fingerprint density at radius 2 is 2.00 bits per heavy atom. The van der Waals surface area contributed by atoms with Crippen LogP contribution in [0.1, 0.15) is 0 Å². The van der Waals surface area contributed by atoms with E-state index in [1.165, 1.54) is 0 Å². The Hall–Kier alpha value is -0.940. The van der Waals surface area contributed by atoms with Crippen LogP contribution in [0.3, 0.4) is 0 Å². The lowest BCUT2D eigenvalue weighted by molar-refractivity contribution is -0.130. The smallest absolute Gasteiger partial charge is 0.270 e. The maximum absolute atomic E-state index is 9.82. The van der Waals surface area contributed by atoms with Gasteiger partial charge in [0, 0.05) is 0 Å². The van der Waals surface area contributed by atoms with E-state index < -0.39 is 18.1 Å². The minimum absolute atomic E-state index is 0.961. The normalized spacial score (nSPS) is 16.2. The monoisotopic (exact) mass is 131 g/mol. The number of rotatable bonds is 3. The van der Waals surface area contributed by atoms with E-state index in [1.54, 1.807) is 0 Å². The highest BCUT2D eigenvalue weighted by Gasteiger charge is 2.21. The first-order valence-electron chi connectivity index (χ1n) is 2.09. The molecular formula is C4H5NO4. The van der Waals surface area contributed by atoms with Gasteiger partial charge in [0.25, 0.3) is 5.91 Å². The molecule has 0 aromatic heterocycles. The quantitative estimate of drug-likeness (QED) is 0.447. The van der Waals surface area contributed by atoms with Gasteiger partial charge in [0.1, 0.15) is 0 Å². The molecule has 3 N–H and O–H groups in total. The van der Waals surface area contributed by atoms with E-state index in [4.69, 9.17) is 15.9 Å². The number of aliphatic hydroxyl groups excluding tert-OH is 2. The van der Waals surface area contributed by atoms with E-state index >= 15 is 0 Å². The van der Waals surface area contributed by atoms with E-state index in [0.29, 0.717) is 0 Å². The van der Waals surface area contributed by atoms with Crippen LogP contribution in [0.2, 0.25) is 0 Å².